The van der Waals surface area contributed by atoms with Gasteiger partial charge in [-0.05, 0) is 17.9 Å². The summed E-state index contributed by atoms with van der Waals surface area (Å²) < 4.78 is 5.73. The van der Waals surface area contributed by atoms with Crippen molar-refractivity contribution in [1.82, 2.24) is 5.32 Å². The highest BCUT2D eigenvalue weighted by atomic mass is 35.5. The van der Waals surface area contributed by atoms with Crippen molar-refractivity contribution in [3.8, 4) is 5.75 Å². The lowest BCUT2D eigenvalue weighted by molar-refractivity contribution is -0.121. The SMILES string of the molecule is O=C(CCCCl)NCCOc1cccc2ccccc12. The van der Waals surface area contributed by atoms with E-state index in [1.165, 1.54) is 0 Å². The standard InChI is InChI=1S/C16H18ClNO2/c17-10-4-9-16(19)18-11-12-20-15-8-3-6-13-5-1-2-7-14(13)15/h1-3,5-8H,4,9-12H2,(H,18,19). The molecule has 3 nitrogen and oxygen atoms in total. The lowest BCUT2D eigenvalue weighted by atomic mass is 10.1. The van der Waals surface area contributed by atoms with Crippen LogP contribution in [0.5, 0.6) is 5.75 Å². The highest BCUT2D eigenvalue weighted by Crippen LogP contribution is 2.24. The smallest absolute Gasteiger partial charge is 0.220 e. The Morgan fingerprint density at radius 3 is 2.80 bits per heavy atom. The van der Waals surface area contributed by atoms with E-state index < -0.39 is 0 Å². The third-order valence-electron chi connectivity index (χ3n) is 2.97. The minimum Gasteiger partial charge on any atom is -0.491 e. The summed E-state index contributed by atoms with van der Waals surface area (Å²) in [5, 5.41) is 5.05. The quantitative estimate of drug-likeness (QED) is 0.627. The third-order valence-corrected chi connectivity index (χ3v) is 3.24. The maximum absolute atomic E-state index is 11.4. The molecular formula is C16H18ClNO2. The average molecular weight is 292 g/mol. The Morgan fingerprint density at radius 2 is 1.95 bits per heavy atom. The predicted octanol–water partition coefficient (Wildman–Crippen LogP) is 3.35. The lowest BCUT2D eigenvalue weighted by Crippen LogP contribution is -2.27. The molecule has 0 aliphatic heterocycles. The monoisotopic (exact) mass is 291 g/mol. The number of alkyl halides is 1. The molecule has 0 saturated carbocycles. The Hall–Kier alpha value is -1.74. The van der Waals surface area contributed by atoms with Crippen molar-refractivity contribution in [3.05, 3.63) is 42.5 Å². The Balaban J connectivity index is 1.83. The van der Waals surface area contributed by atoms with Crippen molar-refractivity contribution in [2.75, 3.05) is 19.0 Å². The molecule has 0 aliphatic carbocycles. The maximum atomic E-state index is 11.4. The zero-order valence-electron chi connectivity index (χ0n) is 11.3. The molecule has 1 N–H and O–H groups in total. The molecule has 0 aliphatic rings. The first-order valence-electron chi connectivity index (χ1n) is 6.74. The van der Waals surface area contributed by atoms with Crippen molar-refractivity contribution < 1.29 is 9.53 Å². The third kappa shape index (κ3) is 4.14. The Morgan fingerprint density at radius 1 is 1.15 bits per heavy atom. The largest absolute Gasteiger partial charge is 0.491 e. The highest BCUT2D eigenvalue weighted by Gasteiger charge is 2.02. The zero-order chi connectivity index (χ0) is 14.2. The molecule has 0 aromatic heterocycles. The van der Waals surface area contributed by atoms with Crippen molar-refractivity contribution in [2.45, 2.75) is 12.8 Å². The van der Waals surface area contributed by atoms with Crippen LogP contribution in [-0.4, -0.2) is 24.9 Å². The van der Waals surface area contributed by atoms with E-state index in [9.17, 15) is 4.79 Å². The maximum Gasteiger partial charge on any atom is 0.220 e. The van der Waals surface area contributed by atoms with E-state index in [4.69, 9.17) is 16.3 Å². The first-order valence-corrected chi connectivity index (χ1v) is 7.28. The number of fused-ring (bicyclic) bond motifs is 1. The van der Waals surface area contributed by atoms with Gasteiger partial charge in [-0.2, -0.15) is 0 Å². The summed E-state index contributed by atoms with van der Waals surface area (Å²) >= 11 is 5.54. The van der Waals surface area contributed by atoms with E-state index in [1.54, 1.807) is 0 Å². The Labute approximate surface area is 123 Å². The van der Waals surface area contributed by atoms with Crippen LogP contribution in [0.3, 0.4) is 0 Å². The molecule has 0 saturated heterocycles. The molecule has 0 atom stereocenters. The minimum absolute atomic E-state index is 0.0205. The molecule has 0 heterocycles. The lowest BCUT2D eigenvalue weighted by Gasteiger charge is -2.10. The van der Waals surface area contributed by atoms with Crippen LogP contribution >= 0.6 is 11.6 Å². The van der Waals surface area contributed by atoms with E-state index in [2.05, 4.69) is 17.4 Å². The Bertz CT molecular complexity index is 566. The topological polar surface area (TPSA) is 38.3 Å². The van der Waals surface area contributed by atoms with E-state index in [1.807, 2.05) is 30.3 Å². The number of hydrogen-bond donors (Lipinski definition) is 1. The van der Waals surface area contributed by atoms with Gasteiger partial charge in [-0.25, -0.2) is 0 Å². The van der Waals surface area contributed by atoms with E-state index in [-0.39, 0.29) is 5.91 Å². The summed E-state index contributed by atoms with van der Waals surface area (Å²) in [6, 6.07) is 14.0. The van der Waals surface area contributed by atoms with Gasteiger partial charge in [-0.15, -0.1) is 11.6 Å². The number of carbonyl (C=O) groups is 1. The van der Waals surface area contributed by atoms with Crippen LogP contribution in [0.4, 0.5) is 0 Å². The van der Waals surface area contributed by atoms with Gasteiger partial charge in [0, 0.05) is 17.7 Å². The number of benzene rings is 2. The van der Waals surface area contributed by atoms with Crippen LogP contribution in [0.2, 0.25) is 0 Å². The van der Waals surface area contributed by atoms with Crippen LogP contribution in [0.25, 0.3) is 10.8 Å². The van der Waals surface area contributed by atoms with Gasteiger partial charge in [0.1, 0.15) is 12.4 Å². The summed E-state index contributed by atoms with van der Waals surface area (Å²) in [6.07, 6.45) is 1.18. The molecule has 0 radical (unpaired) electrons. The van der Waals surface area contributed by atoms with Crippen LogP contribution < -0.4 is 10.1 Å². The fourth-order valence-electron chi connectivity index (χ4n) is 1.99. The summed E-state index contributed by atoms with van der Waals surface area (Å²) in [5.41, 5.74) is 0. The molecule has 0 fully saturated rings. The van der Waals surface area contributed by atoms with Crippen molar-refractivity contribution in [3.63, 3.8) is 0 Å². The number of hydrogen-bond acceptors (Lipinski definition) is 2. The molecule has 106 valence electrons. The van der Waals surface area contributed by atoms with E-state index in [0.717, 1.165) is 16.5 Å². The van der Waals surface area contributed by atoms with E-state index >= 15 is 0 Å². The number of rotatable bonds is 7. The molecule has 4 heteroatoms. The van der Waals surface area contributed by atoms with Gasteiger partial charge in [0.05, 0.1) is 6.54 Å². The molecular weight excluding hydrogens is 274 g/mol. The molecule has 1 amide bonds. The van der Waals surface area contributed by atoms with Gasteiger partial charge in [-0.3, -0.25) is 4.79 Å². The molecule has 0 unspecified atom stereocenters. The molecule has 2 aromatic rings. The normalized spacial score (nSPS) is 10.4. The summed E-state index contributed by atoms with van der Waals surface area (Å²) in [6.45, 7) is 0.963. The van der Waals surface area contributed by atoms with Crippen LogP contribution in [-0.2, 0) is 4.79 Å². The van der Waals surface area contributed by atoms with Crippen molar-refractivity contribution >= 4 is 28.3 Å². The Kier molecular flexibility index (Phi) is 5.69. The van der Waals surface area contributed by atoms with Gasteiger partial charge >= 0.3 is 0 Å². The molecule has 2 aromatic carbocycles. The first-order chi connectivity index (χ1) is 9.81. The average Bonchev–Trinajstić information content (AvgIpc) is 2.49. The van der Waals surface area contributed by atoms with Crippen LogP contribution in [0.1, 0.15) is 12.8 Å². The fraction of sp³-hybridized carbons (Fsp3) is 0.312. The number of amides is 1. The predicted molar refractivity (Wildman–Crippen MR) is 82.4 cm³/mol. The zero-order valence-corrected chi connectivity index (χ0v) is 12.0. The number of carbonyl (C=O) groups excluding carboxylic acids is 1. The van der Waals surface area contributed by atoms with Crippen molar-refractivity contribution in [1.29, 1.82) is 0 Å². The van der Waals surface area contributed by atoms with Gasteiger partial charge in [-0.1, -0.05) is 36.4 Å². The molecule has 0 spiro atoms. The van der Waals surface area contributed by atoms with Gasteiger partial charge in [0.15, 0.2) is 0 Å². The number of ether oxygens (including phenoxy) is 1. The molecule has 2 rings (SSSR count). The summed E-state index contributed by atoms with van der Waals surface area (Å²) in [4.78, 5) is 11.4. The minimum atomic E-state index is 0.0205. The molecule has 20 heavy (non-hydrogen) atoms. The number of nitrogens with one attached hydrogen (secondary N) is 1. The van der Waals surface area contributed by atoms with Gasteiger partial charge in [0.25, 0.3) is 0 Å². The van der Waals surface area contributed by atoms with Crippen LogP contribution in [0.15, 0.2) is 42.5 Å². The number of halogens is 1. The summed E-state index contributed by atoms with van der Waals surface area (Å²) in [5.74, 6) is 1.38. The van der Waals surface area contributed by atoms with Crippen LogP contribution in [0, 0.1) is 0 Å². The summed E-state index contributed by atoms with van der Waals surface area (Å²) in [7, 11) is 0. The van der Waals surface area contributed by atoms with E-state index in [0.29, 0.717) is 31.9 Å². The second kappa shape index (κ2) is 7.75. The highest BCUT2D eigenvalue weighted by molar-refractivity contribution is 6.17. The van der Waals surface area contributed by atoms with Gasteiger partial charge < -0.3 is 10.1 Å². The first kappa shape index (κ1) is 14.7. The molecule has 0 bridgehead atoms. The van der Waals surface area contributed by atoms with Crippen molar-refractivity contribution in [2.24, 2.45) is 0 Å². The fourth-order valence-corrected chi connectivity index (χ4v) is 2.12. The second-order valence-electron chi connectivity index (χ2n) is 4.47. The van der Waals surface area contributed by atoms with Gasteiger partial charge in [0.2, 0.25) is 5.91 Å². The second-order valence-corrected chi connectivity index (χ2v) is 4.85.